The number of carbonyl (C=O) groups excluding carboxylic acids is 1. The molecule has 8 heteroatoms. The number of anilines is 1. The van der Waals surface area contributed by atoms with E-state index in [1.54, 1.807) is 6.92 Å². The Morgan fingerprint density at radius 1 is 1.58 bits per heavy atom. The predicted octanol–water partition coefficient (Wildman–Crippen LogP) is 1.78. The van der Waals surface area contributed by atoms with Gasteiger partial charge in [-0.2, -0.15) is 5.10 Å². The summed E-state index contributed by atoms with van der Waals surface area (Å²) in [5, 5.41) is 9.06. The van der Waals surface area contributed by atoms with Crippen molar-refractivity contribution in [3.63, 3.8) is 0 Å². The molecule has 6 nitrogen and oxygen atoms in total. The van der Waals surface area contributed by atoms with E-state index in [1.807, 2.05) is 0 Å². The van der Waals surface area contributed by atoms with E-state index in [1.165, 1.54) is 12.4 Å². The van der Waals surface area contributed by atoms with Crippen LogP contribution in [0.25, 0.3) is 0 Å². The lowest BCUT2D eigenvalue weighted by Crippen LogP contribution is -2.27. The van der Waals surface area contributed by atoms with Crippen LogP contribution in [0.4, 0.5) is 10.1 Å². The number of nitrogen functional groups attached to an aromatic ring is 1. The minimum absolute atomic E-state index is 0.0827. The standard InChI is InChI=1S/C11H11BrFN5O/c1-5(10-15-4-16-18-10)17-11(19)6-2-9(14)8(13)3-7(6)12/h2-5H,14H2,1H3,(H,17,19)(H,15,16,18). The van der Waals surface area contributed by atoms with E-state index in [2.05, 4.69) is 36.4 Å². The van der Waals surface area contributed by atoms with Crippen molar-refractivity contribution in [2.45, 2.75) is 13.0 Å². The molecule has 1 amide bonds. The SMILES string of the molecule is CC(NC(=O)c1cc(N)c(F)cc1Br)c1ncn[nH]1. The normalized spacial score (nSPS) is 12.2. The van der Waals surface area contributed by atoms with Crippen molar-refractivity contribution in [1.29, 1.82) is 0 Å². The molecule has 2 rings (SSSR count). The van der Waals surface area contributed by atoms with Crippen LogP contribution in [0.5, 0.6) is 0 Å². The molecule has 2 aromatic rings. The highest BCUT2D eigenvalue weighted by molar-refractivity contribution is 9.10. The maximum Gasteiger partial charge on any atom is 0.253 e. The maximum absolute atomic E-state index is 13.2. The number of benzene rings is 1. The minimum Gasteiger partial charge on any atom is -0.396 e. The summed E-state index contributed by atoms with van der Waals surface area (Å²) in [5.41, 5.74) is 5.62. The van der Waals surface area contributed by atoms with Gasteiger partial charge in [0.25, 0.3) is 5.91 Å². The van der Waals surface area contributed by atoms with Crippen LogP contribution < -0.4 is 11.1 Å². The fraction of sp³-hybridized carbons (Fsp3) is 0.182. The van der Waals surface area contributed by atoms with Crippen molar-refractivity contribution in [2.75, 3.05) is 5.73 Å². The Kier molecular flexibility index (Phi) is 3.79. The lowest BCUT2D eigenvalue weighted by Gasteiger charge is -2.12. The summed E-state index contributed by atoms with van der Waals surface area (Å²) in [6.45, 7) is 1.75. The first kappa shape index (κ1) is 13.5. The van der Waals surface area contributed by atoms with Gasteiger partial charge in [-0.1, -0.05) is 0 Å². The van der Waals surface area contributed by atoms with E-state index >= 15 is 0 Å². The molecule has 0 saturated carbocycles. The number of nitrogens with two attached hydrogens (primary N) is 1. The smallest absolute Gasteiger partial charge is 0.253 e. The molecule has 0 radical (unpaired) electrons. The van der Waals surface area contributed by atoms with Crippen LogP contribution in [-0.2, 0) is 0 Å². The topological polar surface area (TPSA) is 96.7 Å². The summed E-state index contributed by atoms with van der Waals surface area (Å²) in [6, 6.07) is 2.08. The van der Waals surface area contributed by atoms with E-state index < -0.39 is 5.82 Å². The van der Waals surface area contributed by atoms with Crippen LogP contribution in [0.2, 0.25) is 0 Å². The highest BCUT2D eigenvalue weighted by atomic mass is 79.9. The average Bonchev–Trinajstić information content (AvgIpc) is 2.87. The molecule has 0 saturated heterocycles. The molecule has 1 unspecified atom stereocenters. The van der Waals surface area contributed by atoms with Gasteiger partial charge in [0.1, 0.15) is 18.0 Å². The summed E-state index contributed by atoms with van der Waals surface area (Å²) < 4.78 is 13.5. The van der Waals surface area contributed by atoms with Gasteiger partial charge in [0.05, 0.1) is 17.3 Å². The second-order valence-corrected chi connectivity index (χ2v) is 4.77. The number of rotatable bonds is 3. The quantitative estimate of drug-likeness (QED) is 0.748. The number of hydrogen-bond acceptors (Lipinski definition) is 4. The van der Waals surface area contributed by atoms with Crippen LogP contribution in [0, 0.1) is 5.82 Å². The fourth-order valence-corrected chi connectivity index (χ4v) is 2.00. The monoisotopic (exact) mass is 327 g/mol. The van der Waals surface area contributed by atoms with Crippen LogP contribution in [0.1, 0.15) is 29.1 Å². The molecule has 0 fully saturated rings. The molecular formula is C11H11BrFN5O. The van der Waals surface area contributed by atoms with Gasteiger partial charge in [0.2, 0.25) is 0 Å². The Balaban J connectivity index is 2.19. The van der Waals surface area contributed by atoms with E-state index in [4.69, 9.17) is 5.73 Å². The lowest BCUT2D eigenvalue weighted by atomic mass is 10.1. The zero-order chi connectivity index (χ0) is 14.0. The molecule has 0 bridgehead atoms. The second kappa shape index (κ2) is 5.35. The summed E-state index contributed by atoms with van der Waals surface area (Å²) in [5.74, 6) is -0.436. The highest BCUT2D eigenvalue weighted by Crippen LogP contribution is 2.23. The van der Waals surface area contributed by atoms with Gasteiger partial charge in [-0.15, -0.1) is 0 Å². The van der Waals surface area contributed by atoms with Crippen LogP contribution in [0.15, 0.2) is 22.9 Å². The fourth-order valence-electron chi connectivity index (χ4n) is 1.51. The van der Waals surface area contributed by atoms with Crippen molar-refractivity contribution >= 4 is 27.5 Å². The molecule has 0 aliphatic rings. The van der Waals surface area contributed by atoms with E-state index in [9.17, 15) is 9.18 Å². The highest BCUT2D eigenvalue weighted by Gasteiger charge is 2.17. The summed E-state index contributed by atoms with van der Waals surface area (Å²) in [4.78, 5) is 16.0. The number of aromatic nitrogens is 3. The molecular weight excluding hydrogens is 317 g/mol. The minimum atomic E-state index is -0.577. The zero-order valence-corrected chi connectivity index (χ0v) is 11.5. The van der Waals surface area contributed by atoms with Crippen molar-refractivity contribution in [1.82, 2.24) is 20.5 Å². The first-order valence-electron chi connectivity index (χ1n) is 5.39. The Hall–Kier alpha value is -1.96. The number of nitrogens with zero attached hydrogens (tertiary/aromatic N) is 2. The third-order valence-electron chi connectivity index (χ3n) is 2.52. The molecule has 100 valence electrons. The molecule has 1 heterocycles. The first-order valence-corrected chi connectivity index (χ1v) is 6.19. The number of halogens is 2. The van der Waals surface area contributed by atoms with Gasteiger partial charge in [-0.25, -0.2) is 9.37 Å². The number of hydrogen-bond donors (Lipinski definition) is 3. The van der Waals surface area contributed by atoms with E-state index in [0.29, 0.717) is 10.3 Å². The second-order valence-electron chi connectivity index (χ2n) is 3.92. The number of amides is 1. The summed E-state index contributed by atoms with van der Waals surface area (Å²) in [7, 11) is 0. The van der Waals surface area contributed by atoms with Crippen LogP contribution >= 0.6 is 15.9 Å². The number of H-pyrrole nitrogens is 1. The third kappa shape index (κ3) is 2.90. The third-order valence-corrected chi connectivity index (χ3v) is 3.18. The molecule has 0 spiro atoms. The molecule has 1 aromatic carbocycles. The van der Waals surface area contributed by atoms with Gasteiger partial charge in [-0.3, -0.25) is 9.89 Å². The van der Waals surface area contributed by atoms with Crippen LogP contribution in [0.3, 0.4) is 0 Å². The van der Waals surface area contributed by atoms with Gasteiger partial charge < -0.3 is 11.1 Å². The summed E-state index contributed by atoms with van der Waals surface area (Å²) >= 11 is 3.13. The van der Waals surface area contributed by atoms with Gasteiger partial charge in [0.15, 0.2) is 0 Å². The van der Waals surface area contributed by atoms with E-state index in [0.717, 1.165) is 6.07 Å². The van der Waals surface area contributed by atoms with Crippen molar-refractivity contribution < 1.29 is 9.18 Å². The van der Waals surface area contributed by atoms with Crippen LogP contribution in [-0.4, -0.2) is 21.1 Å². The molecule has 4 N–H and O–H groups in total. The predicted molar refractivity (Wildman–Crippen MR) is 70.8 cm³/mol. The largest absolute Gasteiger partial charge is 0.396 e. The Labute approximate surface area is 116 Å². The number of carbonyl (C=O) groups is 1. The Morgan fingerprint density at radius 2 is 2.32 bits per heavy atom. The molecule has 0 aliphatic heterocycles. The van der Waals surface area contributed by atoms with Crippen molar-refractivity contribution in [2.24, 2.45) is 0 Å². The lowest BCUT2D eigenvalue weighted by molar-refractivity contribution is 0.0937. The average molecular weight is 328 g/mol. The molecule has 19 heavy (non-hydrogen) atoms. The molecule has 1 aromatic heterocycles. The first-order chi connectivity index (χ1) is 8.99. The maximum atomic E-state index is 13.2. The number of nitrogens with one attached hydrogen (secondary N) is 2. The van der Waals surface area contributed by atoms with E-state index in [-0.39, 0.29) is 23.2 Å². The van der Waals surface area contributed by atoms with Gasteiger partial charge in [-0.05, 0) is 35.0 Å². The summed E-state index contributed by atoms with van der Waals surface area (Å²) in [6.07, 6.45) is 1.35. The number of aromatic amines is 1. The Morgan fingerprint density at radius 3 is 2.95 bits per heavy atom. The molecule has 0 aliphatic carbocycles. The zero-order valence-electron chi connectivity index (χ0n) is 9.95. The van der Waals surface area contributed by atoms with Crippen molar-refractivity contribution in [3.8, 4) is 0 Å². The van der Waals surface area contributed by atoms with Gasteiger partial charge in [0, 0.05) is 4.47 Å². The Bertz CT molecular complexity index is 601. The molecule has 1 atom stereocenters. The van der Waals surface area contributed by atoms with Crippen molar-refractivity contribution in [3.05, 3.63) is 40.1 Å². The van der Waals surface area contributed by atoms with Gasteiger partial charge >= 0.3 is 0 Å².